The first kappa shape index (κ1) is 18.6. The fraction of sp³-hybridized carbons (Fsp3) is 0.733. The zero-order valence-electron chi connectivity index (χ0n) is 12.7. The molecule has 0 fully saturated rings. The van der Waals surface area contributed by atoms with Crippen molar-refractivity contribution in [2.24, 2.45) is 5.92 Å². The van der Waals surface area contributed by atoms with Crippen LogP contribution >= 0.6 is 0 Å². The highest BCUT2D eigenvalue weighted by Crippen LogP contribution is 2.14. The Kier molecular flexibility index (Phi) is 9.72. The number of unbranched alkanes of at least 4 members (excludes halogenated alkanes) is 1. The average Bonchev–Trinajstić information content (AvgIpc) is 2.38. The summed E-state index contributed by atoms with van der Waals surface area (Å²) < 4.78 is 10.5. The Labute approximate surface area is 121 Å². The number of carbonyl (C=O) groups excluding carboxylic acids is 1. The Morgan fingerprint density at radius 1 is 1.30 bits per heavy atom. The predicted molar refractivity (Wildman–Crippen MR) is 76.2 cm³/mol. The number of rotatable bonds is 11. The molecule has 0 radical (unpaired) electrons. The molecule has 2 unspecified atom stereocenters. The van der Waals surface area contributed by atoms with Crippen molar-refractivity contribution in [2.45, 2.75) is 59.2 Å². The topological polar surface area (TPSA) is 72.8 Å². The average molecular weight is 286 g/mol. The van der Waals surface area contributed by atoms with E-state index in [9.17, 15) is 9.59 Å². The van der Waals surface area contributed by atoms with Crippen LogP contribution in [0.1, 0.15) is 52.9 Å². The fourth-order valence-electron chi connectivity index (χ4n) is 1.69. The van der Waals surface area contributed by atoms with Crippen LogP contribution < -0.4 is 0 Å². The van der Waals surface area contributed by atoms with Crippen LogP contribution in [0.4, 0.5) is 0 Å². The fourth-order valence-corrected chi connectivity index (χ4v) is 1.69. The molecule has 0 heterocycles. The lowest BCUT2D eigenvalue weighted by Gasteiger charge is -2.19. The summed E-state index contributed by atoms with van der Waals surface area (Å²) in [6.07, 6.45) is 3.32. The molecular formula is C15H26O5. The number of carboxylic acids is 1. The van der Waals surface area contributed by atoms with Gasteiger partial charge in [-0.25, -0.2) is 4.79 Å². The monoisotopic (exact) mass is 286 g/mol. The molecule has 2 atom stereocenters. The van der Waals surface area contributed by atoms with Crippen molar-refractivity contribution in [3.63, 3.8) is 0 Å². The first-order chi connectivity index (χ1) is 9.40. The van der Waals surface area contributed by atoms with Gasteiger partial charge in [0.05, 0.1) is 13.0 Å². The first-order valence-corrected chi connectivity index (χ1v) is 7.12. The molecule has 1 N–H and O–H groups in total. The van der Waals surface area contributed by atoms with Crippen LogP contribution in [-0.4, -0.2) is 29.9 Å². The molecule has 5 heteroatoms. The molecule has 116 valence electrons. The number of ether oxygens (including phenoxy) is 2. The third kappa shape index (κ3) is 8.69. The summed E-state index contributed by atoms with van der Waals surface area (Å²) in [5.74, 6) is -1.37. The van der Waals surface area contributed by atoms with E-state index in [-0.39, 0.29) is 5.57 Å². The van der Waals surface area contributed by atoms with Crippen LogP contribution in [0, 0.1) is 5.92 Å². The van der Waals surface area contributed by atoms with Gasteiger partial charge in [-0.05, 0) is 19.3 Å². The van der Waals surface area contributed by atoms with Gasteiger partial charge in [0.2, 0.25) is 0 Å². The molecule has 0 aromatic rings. The second-order valence-electron chi connectivity index (χ2n) is 4.90. The van der Waals surface area contributed by atoms with Crippen molar-refractivity contribution in [1.29, 1.82) is 0 Å². The van der Waals surface area contributed by atoms with Gasteiger partial charge < -0.3 is 14.6 Å². The molecule has 0 rings (SSSR count). The number of carbonyl (C=O) groups is 2. The van der Waals surface area contributed by atoms with Gasteiger partial charge in [0.15, 0.2) is 6.29 Å². The van der Waals surface area contributed by atoms with Gasteiger partial charge >= 0.3 is 11.9 Å². The lowest BCUT2D eigenvalue weighted by atomic mass is 10.0. The van der Waals surface area contributed by atoms with Crippen molar-refractivity contribution in [3.05, 3.63) is 12.2 Å². The van der Waals surface area contributed by atoms with Gasteiger partial charge in [0.25, 0.3) is 0 Å². The van der Waals surface area contributed by atoms with Crippen LogP contribution in [0.25, 0.3) is 0 Å². The molecule has 0 aliphatic carbocycles. The Morgan fingerprint density at radius 2 is 1.95 bits per heavy atom. The van der Waals surface area contributed by atoms with E-state index in [1.54, 1.807) is 6.92 Å². The van der Waals surface area contributed by atoms with E-state index >= 15 is 0 Å². The molecular weight excluding hydrogens is 260 g/mol. The Bertz CT molecular complexity index is 324. The van der Waals surface area contributed by atoms with Crippen molar-refractivity contribution < 1.29 is 24.2 Å². The molecule has 0 amide bonds. The highest BCUT2D eigenvalue weighted by molar-refractivity contribution is 5.92. The molecule has 20 heavy (non-hydrogen) atoms. The maximum atomic E-state index is 11.5. The lowest BCUT2D eigenvalue weighted by Crippen LogP contribution is -2.23. The summed E-state index contributed by atoms with van der Waals surface area (Å²) in [6.45, 7) is 9.80. The first-order valence-electron chi connectivity index (χ1n) is 7.12. The molecule has 0 bridgehead atoms. The third-order valence-corrected chi connectivity index (χ3v) is 3.04. The van der Waals surface area contributed by atoms with Crippen LogP contribution in [0.2, 0.25) is 0 Å². The maximum Gasteiger partial charge on any atom is 0.336 e. The minimum absolute atomic E-state index is 0.0778. The van der Waals surface area contributed by atoms with Crippen LogP contribution in [-0.2, 0) is 19.1 Å². The number of aliphatic carboxylic acids is 1. The Balaban J connectivity index is 4.02. The number of carboxylic acid groups (broad SMARTS) is 1. The van der Waals surface area contributed by atoms with E-state index < -0.39 is 24.6 Å². The van der Waals surface area contributed by atoms with E-state index in [1.165, 1.54) is 0 Å². The van der Waals surface area contributed by atoms with Gasteiger partial charge in [-0.2, -0.15) is 0 Å². The van der Waals surface area contributed by atoms with Crippen molar-refractivity contribution in [3.8, 4) is 0 Å². The van der Waals surface area contributed by atoms with Crippen molar-refractivity contribution in [2.75, 3.05) is 6.61 Å². The van der Waals surface area contributed by atoms with Gasteiger partial charge in [-0.15, -0.1) is 0 Å². The van der Waals surface area contributed by atoms with Gasteiger partial charge in [0, 0.05) is 5.57 Å². The molecule has 0 aliphatic heterocycles. The molecule has 0 aromatic heterocycles. The minimum Gasteiger partial charge on any atom is -0.481 e. The van der Waals surface area contributed by atoms with Crippen LogP contribution in [0.15, 0.2) is 12.2 Å². The molecule has 5 nitrogen and oxygen atoms in total. The second-order valence-corrected chi connectivity index (χ2v) is 4.90. The SMILES string of the molecule is C=C(CC(=O)O)C(=O)OC(C)OCC(CC)CCCC. The smallest absolute Gasteiger partial charge is 0.336 e. The van der Waals surface area contributed by atoms with Gasteiger partial charge in [-0.3, -0.25) is 4.79 Å². The van der Waals surface area contributed by atoms with E-state index in [2.05, 4.69) is 20.4 Å². The molecule has 0 saturated carbocycles. The normalized spacial score (nSPS) is 13.6. The highest BCUT2D eigenvalue weighted by atomic mass is 16.7. The number of hydrogen-bond donors (Lipinski definition) is 1. The van der Waals surface area contributed by atoms with E-state index in [0.29, 0.717) is 12.5 Å². The number of esters is 1. The van der Waals surface area contributed by atoms with E-state index in [1.807, 2.05) is 0 Å². The molecule has 0 saturated heterocycles. The van der Waals surface area contributed by atoms with Gasteiger partial charge in [-0.1, -0.05) is 39.7 Å². The molecule has 0 aromatic carbocycles. The predicted octanol–water partition coefficient (Wildman–Crippen LogP) is 3.14. The van der Waals surface area contributed by atoms with E-state index in [4.69, 9.17) is 14.6 Å². The molecule has 0 aliphatic rings. The van der Waals surface area contributed by atoms with Crippen LogP contribution in [0.3, 0.4) is 0 Å². The van der Waals surface area contributed by atoms with Gasteiger partial charge in [0.1, 0.15) is 0 Å². The summed E-state index contributed by atoms with van der Waals surface area (Å²) in [5, 5.41) is 8.56. The summed E-state index contributed by atoms with van der Waals surface area (Å²) in [6, 6.07) is 0. The second kappa shape index (κ2) is 10.4. The Morgan fingerprint density at radius 3 is 2.45 bits per heavy atom. The third-order valence-electron chi connectivity index (χ3n) is 3.04. The maximum absolute atomic E-state index is 11.5. The summed E-state index contributed by atoms with van der Waals surface area (Å²) in [4.78, 5) is 22.0. The zero-order valence-corrected chi connectivity index (χ0v) is 12.7. The zero-order chi connectivity index (χ0) is 15.5. The molecule has 0 spiro atoms. The van der Waals surface area contributed by atoms with Crippen molar-refractivity contribution >= 4 is 11.9 Å². The number of hydrogen-bond acceptors (Lipinski definition) is 4. The minimum atomic E-state index is -1.11. The standard InChI is InChI=1S/C15H26O5/c1-5-7-8-13(6-2)10-19-12(4)20-15(18)11(3)9-14(16)17/h12-13H,3,5-10H2,1-2,4H3,(H,16,17). The van der Waals surface area contributed by atoms with Crippen LogP contribution in [0.5, 0.6) is 0 Å². The quantitative estimate of drug-likeness (QED) is 0.359. The summed E-state index contributed by atoms with van der Waals surface area (Å²) >= 11 is 0. The highest BCUT2D eigenvalue weighted by Gasteiger charge is 2.17. The van der Waals surface area contributed by atoms with E-state index in [0.717, 1.165) is 25.7 Å². The Hall–Kier alpha value is -1.36. The van der Waals surface area contributed by atoms with Crippen molar-refractivity contribution in [1.82, 2.24) is 0 Å². The largest absolute Gasteiger partial charge is 0.481 e. The summed E-state index contributed by atoms with van der Waals surface area (Å²) in [7, 11) is 0. The lowest BCUT2D eigenvalue weighted by molar-refractivity contribution is -0.173. The summed E-state index contributed by atoms with van der Waals surface area (Å²) in [5.41, 5.74) is -0.0778.